The molecule has 2 heterocycles. The average molecular weight is 196 g/mol. The Bertz CT molecular complexity index is 444. The second-order valence-electron chi connectivity index (χ2n) is 3.05. The Morgan fingerprint density at radius 3 is 2.93 bits per heavy atom. The molecule has 0 saturated carbocycles. The molecule has 0 saturated heterocycles. The van der Waals surface area contributed by atoms with Gasteiger partial charge in [0.15, 0.2) is 5.65 Å². The predicted molar refractivity (Wildman–Crippen MR) is 50.3 cm³/mol. The number of aromatic nitrogens is 2. The van der Waals surface area contributed by atoms with Gasteiger partial charge in [-0.05, 0) is 6.92 Å². The summed E-state index contributed by atoms with van der Waals surface area (Å²) in [6.45, 7) is 2.01. The lowest BCUT2D eigenvalue weighted by Crippen LogP contribution is -2.14. The van der Waals surface area contributed by atoms with Crippen LogP contribution in [0.2, 0.25) is 0 Å². The van der Waals surface area contributed by atoms with Crippen LogP contribution in [0, 0.1) is 6.92 Å². The van der Waals surface area contributed by atoms with Crippen molar-refractivity contribution < 1.29 is 15.1 Å². The van der Waals surface area contributed by atoms with Gasteiger partial charge in [0, 0.05) is 11.8 Å². The van der Waals surface area contributed by atoms with Gasteiger partial charge < -0.3 is 19.5 Å². The largest absolute Gasteiger partial charge is 0.506 e. The summed E-state index contributed by atoms with van der Waals surface area (Å²) in [5.41, 5.74) is 1.53. The van der Waals surface area contributed by atoms with E-state index in [1.807, 2.05) is 6.92 Å². The van der Waals surface area contributed by atoms with Crippen LogP contribution in [-0.4, -0.2) is 32.6 Å². The normalized spacial score (nSPS) is 11.0. The number of rotatable bonds is 3. The van der Waals surface area contributed by atoms with Crippen molar-refractivity contribution in [3.8, 4) is 5.75 Å². The van der Waals surface area contributed by atoms with Gasteiger partial charge in [-0.15, -0.1) is 0 Å². The summed E-state index contributed by atoms with van der Waals surface area (Å²) >= 11 is 0. The molecule has 0 aromatic carbocycles. The monoisotopic (exact) mass is 196 g/mol. The van der Waals surface area contributed by atoms with Crippen molar-refractivity contribution >= 4 is 5.65 Å². The number of aliphatic hydroxyl groups excluding tert-OH is 1. The first-order chi connectivity index (χ1) is 6.74. The van der Waals surface area contributed by atoms with Gasteiger partial charge >= 0.3 is 0 Å². The van der Waals surface area contributed by atoms with E-state index in [1.54, 1.807) is 23.0 Å². The Morgan fingerprint density at radius 1 is 1.43 bits per heavy atom. The second-order valence-corrected chi connectivity index (χ2v) is 3.05. The topological polar surface area (TPSA) is 59.0 Å². The quantitative estimate of drug-likeness (QED) is 0.736. The molecular weight excluding hydrogens is 184 g/mol. The molecule has 0 aliphatic carbocycles. The van der Waals surface area contributed by atoms with E-state index in [-0.39, 0.29) is 19.0 Å². The lowest BCUT2D eigenvalue weighted by molar-refractivity contribution is 0.0824. The molecule has 0 unspecified atom stereocenters. The van der Waals surface area contributed by atoms with Crippen LogP contribution in [0.4, 0.5) is 0 Å². The van der Waals surface area contributed by atoms with E-state index in [4.69, 9.17) is 9.94 Å². The summed E-state index contributed by atoms with van der Waals surface area (Å²) in [4.78, 5) is 5.24. The molecule has 2 aromatic rings. The molecule has 0 aliphatic heterocycles. The zero-order valence-electron chi connectivity index (χ0n) is 7.84. The molecule has 5 heteroatoms. The fraction of sp³-hybridized carbons (Fsp3) is 0.333. The number of aliphatic hydroxyl groups is 1. The highest BCUT2D eigenvalue weighted by Gasteiger charge is 2.10. The van der Waals surface area contributed by atoms with E-state index < -0.39 is 0 Å². The van der Waals surface area contributed by atoms with E-state index in [2.05, 4.69) is 0 Å². The first kappa shape index (κ1) is 8.96. The minimum Gasteiger partial charge on any atom is -0.506 e. The van der Waals surface area contributed by atoms with Crippen LogP contribution in [-0.2, 0) is 0 Å². The molecule has 0 radical (unpaired) electrons. The molecule has 0 aliphatic rings. The average Bonchev–Trinajstić information content (AvgIpc) is 2.67. The van der Waals surface area contributed by atoms with Crippen molar-refractivity contribution in [1.29, 1.82) is 0 Å². The van der Waals surface area contributed by atoms with Crippen LogP contribution >= 0.6 is 0 Å². The Morgan fingerprint density at radius 2 is 2.21 bits per heavy atom. The van der Waals surface area contributed by atoms with Crippen LogP contribution in [0.25, 0.3) is 5.65 Å². The smallest absolute Gasteiger partial charge is 0.159 e. The molecule has 5 nitrogen and oxygen atoms in total. The van der Waals surface area contributed by atoms with Gasteiger partial charge in [-0.25, -0.2) is 0 Å². The van der Waals surface area contributed by atoms with Gasteiger partial charge in [0.05, 0.1) is 19.0 Å². The first-order valence-electron chi connectivity index (χ1n) is 4.35. The van der Waals surface area contributed by atoms with E-state index >= 15 is 0 Å². The van der Waals surface area contributed by atoms with E-state index in [1.165, 1.54) is 4.73 Å². The molecule has 76 valence electrons. The van der Waals surface area contributed by atoms with Crippen LogP contribution in [0.15, 0.2) is 18.6 Å². The van der Waals surface area contributed by atoms with Gasteiger partial charge in [0.2, 0.25) is 0 Å². The van der Waals surface area contributed by atoms with Crippen molar-refractivity contribution in [3.63, 3.8) is 0 Å². The summed E-state index contributed by atoms with van der Waals surface area (Å²) in [6, 6.07) is 0. The third kappa shape index (κ3) is 1.22. The van der Waals surface area contributed by atoms with Gasteiger partial charge in [-0.2, -0.15) is 4.73 Å². The highest BCUT2D eigenvalue weighted by molar-refractivity contribution is 5.56. The maximum Gasteiger partial charge on any atom is 0.159 e. The summed E-state index contributed by atoms with van der Waals surface area (Å²) in [5.74, 6) is 0.238. The Kier molecular flexibility index (Phi) is 2.09. The summed E-state index contributed by atoms with van der Waals surface area (Å²) in [7, 11) is 0. The molecule has 0 fully saturated rings. The SMILES string of the molecule is Cc1c(O)cn2ccn(OCCO)c12. The van der Waals surface area contributed by atoms with Crippen LogP contribution in [0.3, 0.4) is 0 Å². The maximum absolute atomic E-state index is 9.44. The number of hydrogen-bond acceptors (Lipinski definition) is 3. The number of fused-ring (bicyclic) bond motifs is 1. The number of aromatic hydroxyl groups is 1. The molecular formula is C9H12N2O3. The van der Waals surface area contributed by atoms with Gasteiger partial charge in [-0.3, -0.25) is 0 Å². The number of imidazole rings is 1. The van der Waals surface area contributed by atoms with Crippen molar-refractivity contribution in [2.45, 2.75) is 6.92 Å². The fourth-order valence-corrected chi connectivity index (χ4v) is 1.44. The minimum atomic E-state index is -0.0317. The Hall–Kier alpha value is -1.62. The van der Waals surface area contributed by atoms with Gasteiger partial charge in [0.25, 0.3) is 0 Å². The predicted octanol–water partition coefficient (Wildman–Crippen LogP) is 0.176. The zero-order valence-corrected chi connectivity index (χ0v) is 7.84. The summed E-state index contributed by atoms with van der Waals surface area (Å²) in [5, 5.41) is 18.1. The first-order valence-corrected chi connectivity index (χ1v) is 4.35. The molecule has 2 rings (SSSR count). The molecule has 0 spiro atoms. The minimum absolute atomic E-state index is 0.0317. The molecule has 0 bridgehead atoms. The third-order valence-corrected chi connectivity index (χ3v) is 2.12. The Balaban J connectivity index is 2.44. The summed E-state index contributed by atoms with van der Waals surface area (Å²) < 4.78 is 3.30. The van der Waals surface area contributed by atoms with Crippen molar-refractivity contribution in [1.82, 2.24) is 9.13 Å². The van der Waals surface area contributed by atoms with E-state index in [0.29, 0.717) is 0 Å². The van der Waals surface area contributed by atoms with Crippen molar-refractivity contribution in [2.24, 2.45) is 0 Å². The fourth-order valence-electron chi connectivity index (χ4n) is 1.44. The molecule has 2 aromatic heterocycles. The molecule has 0 atom stereocenters. The highest BCUT2D eigenvalue weighted by Crippen LogP contribution is 2.22. The van der Waals surface area contributed by atoms with E-state index in [0.717, 1.165) is 11.2 Å². The molecule has 2 N–H and O–H groups in total. The number of nitrogens with zero attached hydrogens (tertiary/aromatic N) is 2. The zero-order chi connectivity index (χ0) is 10.1. The summed E-state index contributed by atoms with van der Waals surface area (Å²) in [6.07, 6.45) is 5.13. The van der Waals surface area contributed by atoms with Gasteiger partial charge in [0.1, 0.15) is 12.4 Å². The lowest BCUT2D eigenvalue weighted by atomic mass is 10.3. The number of hydrogen-bond donors (Lipinski definition) is 2. The van der Waals surface area contributed by atoms with Crippen LogP contribution < -0.4 is 4.84 Å². The maximum atomic E-state index is 9.44. The van der Waals surface area contributed by atoms with E-state index in [9.17, 15) is 5.11 Å². The van der Waals surface area contributed by atoms with Crippen molar-refractivity contribution in [2.75, 3.05) is 13.2 Å². The standard InChI is InChI=1S/C9H12N2O3/c1-7-8(13)6-10-2-3-11(9(7)10)14-5-4-12/h2-3,6,12-13H,4-5H2,1H3. The van der Waals surface area contributed by atoms with Crippen LogP contribution in [0.5, 0.6) is 5.75 Å². The second kappa shape index (κ2) is 3.26. The molecule has 0 amide bonds. The lowest BCUT2D eigenvalue weighted by Gasteiger charge is -2.05. The Labute approximate surface area is 80.7 Å². The highest BCUT2D eigenvalue weighted by atomic mass is 16.7. The molecule has 14 heavy (non-hydrogen) atoms. The van der Waals surface area contributed by atoms with Crippen molar-refractivity contribution in [3.05, 3.63) is 24.2 Å². The van der Waals surface area contributed by atoms with Gasteiger partial charge in [-0.1, -0.05) is 0 Å². The third-order valence-electron chi connectivity index (χ3n) is 2.12. The number of aryl methyl sites for hydroxylation is 1. The van der Waals surface area contributed by atoms with Crippen LogP contribution in [0.1, 0.15) is 5.56 Å².